The van der Waals surface area contributed by atoms with Crippen LogP contribution in [-0.2, 0) is 4.79 Å². The summed E-state index contributed by atoms with van der Waals surface area (Å²) in [7, 11) is 0. The van der Waals surface area contributed by atoms with Gasteiger partial charge in [0.2, 0.25) is 0 Å². The number of nitrogens with two attached hydrogens (primary N) is 1. The third-order valence-electron chi connectivity index (χ3n) is 2.45. The van der Waals surface area contributed by atoms with Gasteiger partial charge < -0.3 is 20.3 Å². The van der Waals surface area contributed by atoms with Gasteiger partial charge in [0.15, 0.2) is 11.5 Å². The average Bonchev–Trinajstić information content (AvgIpc) is 2.53. The largest absolute Gasteiger partial charge is 0.489 e. The highest BCUT2D eigenvalue weighted by Gasteiger charge is 2.21. The number of hydrogen-bond acceptors (Lipinski definition) is 4. The van der Waals surface area contributed by atoms with Crippen LogP contribution in [0.15, 0.2) is 12.1 Å². The maximum atomic E-state index is 10.8. The molecular weight excluding hydrogens is 246 g/mol. The van der Waals surface area contributed by atoms with Crippen molar-refractivity contribution < 1.29 is 19.4 Å². The smallest absolute Gasteiger partial charge is 0.325 e. The fraction of sp³-hybridized carbons (Fsp3) is 0.364. The Morgan fingerprint density at radius 3 is 2.82 bits per heavy atom. The van der Waals surface area contributed by atoms with E-state index in [4.69, 9.17) is 31.9 Å². The molecule has 1 heterocycles. The van der Waals surface area contributed by atoms with Crippen molar-refractivity contribution in [1.29, 1.82) is 0 Å². The quantitative estimate of drug-likeness (QED) is 0.841. The third kappa shape index (κ3) is 2.45. The number of fused-ring (bicyclic) bond motifs is 1. The molecule has 0 saturated heterocycles. The van der Waals surface area contributed by atoms with E-state index in [9.17, 15) is 4.79 Å². The second-order valence-corrected chi connectivity index (χ2v) is 4.10. The van der Waals surface area contributed by atoms with Crippen LogP contribution in [0.2, 0.25) is 5.02 Å². The molecule has 1 aliphatic rings. The zero-order chi connectivity index (χ0) is 12.4. The van der Waals surface area contributed by atoms with Crippen LogP contribution in [0.1, 0.15) is 18.0 Å². The third-order valence-corrected chi connectivity index (χ3v) is 2.73. The van der Waals surface area contributed by atoms with Crippen LogP contribution in [-0.4, -0.2) is 24.3 Å². The Labute approximate surface area is 103 Å². The predicted molar refractivity (Wildman–Crippen MR) is 61.6 cm³/mol. The van der Waals surface area contributed by atoms with Crippen molar-refractivity contribution in [2.45, 2.75) is 12.5 Å². The molecule has 1 aromatic rings. The first kappa shape index (κ1) is 12.0. The van der Waals surface area contributed by atoms with E-state index in [1.165, 1.54) is 6.07 Å². The Morgan fingerprint density at radius 1 is 1.41 bits per heavy atom. The van der Waals surface area contributed by atoms with Gasteiger partial charge in [0.1, 0.15) is 6.04 Å². The summed E-state index contributed by atoms with van der Waals surface area (Å²) in [5, 5.41) is 9.16. The van der Waals surface area contributed by atoms with Gasteiger partial charge in [0.25, 0.3) is 0 Å². The first-order valence-corrected chi connectivity index (χ1v) is 5.55. The van der Waals surface area contributed by atoms with Gasteiger partial charge in [-0.1, -0.05) is 11.6 Å². The highest BCUT2D eigenvalue weighted by Crippen LogP contribution is 2.39. The van der Waals surface area contributed by atoms with Gasteiger partial charge in [0, 0.05) is 6.42 Å². The number of benzene rings is 1. The van der Waals surface area contributed by atoms with Gasteiger partial charge in [-0.3, -0.25) is 4.79 Å². The molecule has 0 radical (unpaired) electrons. The van der Waals surface area contributed by atoms with Crippen molar-refractivity contribution >= 4 is 17.6 Å². The molecule has 1 atom stereocenters. The lowest BCUT2D eigenvalue weighted by molar-refractivity contribution is -0.138. The second kappa shape index (κ2) is 4.81. The Kier molecular flexibility index (Phi) is 3.40. The highest BCUT2D eigenvalue weighted by atomic mass is 35.5. The summed E-state index contributed by atoms with van der Waals surface area (Å²) in [4.78, 5) is 10.8. The lowest BCUT2D eigenvalue weighted by atomic mass is 10.1. The number of hydrogen-bond donors (Lipinski definition) is 2. The molecule has 0 aromatic heterocycles. The molecule has 5 nitrogen and oxygen atoms in total. The molecule has 1 unspecified atom stereocenters. The standard InChI is InChI=1S/C11H12ClNO4/c12-7-4-6(9(13)11(14)15)5-8-10(7)17-3-1-2-16-8/h4-5,9H,1-3,13H2,(H,14,15). The first-order chi connectivity index (χ1) is 8.09. The van der Waals surface area contributed by atoms with Crippen LogP contribution >= 0.6 is 11.6 Å². The summed E-state index contributed by atoms with van der Waals surface area (Å²) in [6.07, 6.45) is 0.755. The number of carboxylic acid groups (broad SMARTS) is 1. The molecule has 0 spiro atoms. The summed E-state index contributed by atoms with van der Waals surface area (Å²) in [6.45, 7) is 1.03. The summed E-state index contributed by atoms with van der Waals surface area (Å²) in [6, 6.07) is 1.93. The highest BCUT2D eigenvalue weighted by molar-refractivity contribution is 6.32. The topological polar surface area (TPSA) is 81.8 Å². The van der Waals surface area contributed by atoms with Crippen LogP contribution in [0.3, 0.4) is 0 Å². The predicted octanol–water partition coefficient (Wildman–Crippen LogP) is 1.59. The second-order valence-electron chi connectivity index (χ2n) is 3.70. The Bertz CT molecular complexity index is 449. The van der Waals surface area contributed by atoms with Crippen LogP contribution in [0.25, 0.3) is 0 Å². The molecule has 3 N–H and O–H groups in total. The van der Waals surface area contributed by atoms with Crippen molar-refractivity contribution in [2.24, 2.45) is 5.73 Å². The average molecular weight is 258 g/mol. The molecule has 2 rings (SSSR count). The van der Waals surface area contributed by atoms with Crippen molar-refractivity contribution in [3.05, 3.63) is 22.7 Å². The number of aliphatic carboxylic acids is 1. The van der Waals surface area contributed by atoms with E-state index < -0.39 is 12.0 Å². The molecule has 0 bridgehead atoms. The van der Waals surface area contributed by atoms with E-state index in [-0.39, 0.29) is 0 Å². The molecule has 0 aliphatic carbocycles. The number of carboxylic acids is 1. The zero-order valence-electron chi connectivity index (χ0n) is 8.98. The Hall–Kier alpha value is -1.46. The summed E-state index contributed by atoms with van der Waals surface area (Å²) in [5.41, 5.74) is 5.92. The van der Waals surface area contributed by atoms with Crippen LogP contribution in [0.4, 0.5) is 0 Å². The molecular formula is C11H12ClNO4. The van der Waals surface area contributed by atoms with Gasteiger partial charge in [-0.05, 0) is 17.7 Å². The number of ether oxygens (including phenoxy) is 2. The number of rotatable bonds is 2. The number of halogens is 1. The maximum Gasteiger partial charge on any atom is 0.325 e. The molecule has 6 heteroatoms. The Balaban J connectivity index is 2.42. The minimum absolute atomic E-state index is 0.316. The minimum atomic E-state index is -1.12. The van der Waals surface area contributed by atoms with Gasteiger partial charge >= 0.3 is 5.97 Å². The zero-order valence-corrected chi connectivity index (χ0v) is 9.74. The molecule has 0 fully saturated rings. The van der Waals surface area contributed by atoms with Crippen LogP contribution < -0.4 is 15.2 Å². The molecule has 1 aliphatic heterocycles. The van der Waals surface area contributed by atoms with Crippen molar-refractivity contribution in [2.75, 3.05) is 13.2 Å². The van der Waals surface area contributed by atoms with E-state index in [1.807, 2.05) is 0 Å². The van der Waals surface area contributed by atoms with Gasteiger partial charge in [0.05, 0.1) is 18.2 Å². The fourth-order valence-corrected chi connectivity index (χ4v) is 1.85. The summed E-state index contributed by atoms with van der Waals surface area (Å²) >= 11 is 6.02. The maximum absolute atomic E-state index is 10.8. The van der Waals surface area contributed by atoms with Crippen molar-refractivity contribution in [3.8, 4) is 11.5 Å². The van der Waals surface area contributed by atoms with Gasteiger partial charge in [-0.2, -0.15) is 0 Å². The monoisotopic (exact) mass is 257 g/mol. The van der Waals surface area contributed by atoms with Crippen molar-refractivity contribution in [1.82, 2.24) is 0 Å². The molecule has 17 heavy (non-hydrogen) atoms. The lowest BCUT2D eigenvalue weighted by Crippen LogP contribution is -2.20. The van der Waals surface area contributed by atoms with Crippen molar-refractivity contribution in [3.63, 3.8) is 0 Å². The fourth-order valence-electron chi connectivity index (χ4n) is 1.57. The van der Waals surface area contributed by atoms with E-state index in [0.29, 0.717) is 35.3 Å². The van der Waals surface area contributed by atoms with E-state index in [2.05, 4.69) is 0 Å². The first-order valence-electron chi connectivity index (χ1n) is 5.17. The molecule has 1 aromatic carbocycles. The SMILES string of the molecule is NC(C(=O)O)c1cc(Cl)c2c(c1)OCCCO2. The van der Waals surface area contributed by atoms with Crippen LogP contribution in [0.5, 0.6) is 11.5 Å². The number of carbonyl (C=O) groups is 1. The van der Waals surface area contributed by atoms with Gasteiger partial charge in [-0.15, -0.1) is 0 Å². The summed E-state index contributed by atoms with van der Waals surface area (Å²) in [5.74, 6) is -0.220. The van der Waals surface area contributed by atoms with E-state index in [0.717, 1.165) is 6.42 Å². The Morgan fingerprint density at radius 2 is 2.12 bits per heavy atom. The minimum Gasteiger partial charge on any atom is -0.489 e. The lowest BCUT2D eigenvalue weighted by Gasteiger charge is -2.13. The van der Waals surface area contributed by atoms with E-state index in [1.54, 1.807) is 6.07 Å². The van der Waals surface area contributed by atoms with E-state index >= 15 is 0 Å². The molecule has 0 amide bonds. The molecule has 0 saturated carbocycles. The summed E-state index contributed by atoms with van der Waals surface area (Å²) < 4.78 is 10.9. The molecule has 92 valence electrons. The van der Waals surface area contributed by atoms with Crippen LogP contribution in [0, 0.1) is 0 Å². The van der Waals surface area contributed by atoms with Gasteiger partial charge in [-0.25, -0.2) is 0 Å². The normalized spacial score (nSPS) is 16.1.